The third-order valence-electron chi connectivity index (χ3n) is 3.88. The summed E-state index contributed by atoms with van der Waals surface area (Å²) in [5.74, 6) is 0. The second-order valence-corrected chi connectivity index (χ2v) is 5.44. The van der Waals surface area contributed by atoms with Crippen molar-refractivity contribution in [3.63, 3.8) is 0 Å². The van der Waals surface area contributed by atoms with Gasteiger partial charge in [0.15, 0.2) is 0 Å². The Balaban J connectivity index is 2.01. The maximum Gasteiger partial charge on any atom is 0.102 e. The van der Waals surface area contributed by atoms with Crippen molar-refractivity contribution < 1.29 is 4.74 Å². The minimum atomic E-state index is 0.00449. The lowest BCUT2D eigenvalue weighted by Crippen LogP contribution is -2.29. The van der Waals surface area contributed by atoms with Crippen LogP contribution in [0.15, 0.2) is 48.5 Å². The van der Waals surface area contributed by atoms with Crippen LogP contribution in [0.25, 0.3) is 0 Å². The van der Waals surface area contributed by atoms with E-state index in [1.54, 1.807) is 0 Å². The van der Waals surface area contributed by atoms with Crippen LogP contribution in [-0.4, -0.2) is 13.7 Å². The quantitative estimate of drug-likeness (QED) is 0.924. The van der Waals surface area contributed by atoms with Crippen LogP contribution in [0.1, 0.15) is 28.8 Å². The highest BCUT2D eigenvalue weighted by Crippen LogP contribution is 2.38. The molecular weight excluding hydrogens is 270 g/mol. The Bertz CT molecular complexity index is 599. The highest BCUT2D eigenvalue weighted by molar-refractivity contribution is 6.31. The first-order valence-corrected chi connectivity index (χ1v) is 7.30. The van der Waals surface area contributed by atoms with Crippen LogP contribution in [0.5, 0.6) is 0 Å². The van der Waals surface area contributed by atoms with Gasteiger partial charge in [-0.05, 0) is 36.2 Å². The molecule has 1 heterocycles. The molecule has 2 aromatic rings. The molecule has 0 amide bonds. The second kappa shape index (κ2) is 5.96. The monoisotopic (exact) mass is 287 g/mol. The smallest absolute Gasteiger partial charge is 0.102 e. The van der Waals surface area contributed by atoms with E-state index in [4.69, 9.17) is 16.3 Å². The molecular formula is C17H18ClNO. The minimum absolute atomic E-state index is 0.00449. The summed E-state index contributed by atoms with van der Waals surface area (Å²) in [5, 5.41) is 4.14. The Morgan fingerprint density at radius 3 is 2.70 bits per heavy atom. The summed E-state index contributed by atoms with van der Waals surface area (Å²) < 4.78 is 6.05. The number of benzene rings is 2. The highest BCUT2D eigenvalue weighted by Gasteiger charge is 2.29. The molecule has 1 N–H and O–H groups in total. The van der Waals surface area contributed by atoms with Gasteiger partial charge in [0.1, 0.15) is 6.10 Å². The molecule has 0 fully saturated rings. The molecule has 2 unspecified atom stereocenters. The largest absolute Gasteiger partial charge is 0.371 e. The zero-order valence-electron chi connectivity index (χ0n) is 11.5. The van der Waals surface area contributed by atoms with Gasteiger partial charge in [0.05, 0.1) is 12.6 Å². The highest BCUT2D eigenvalue weighted by atomic mass is 35.5. The third kappa shape index (κ3) is 2.47. The summed E-state index contributed by atoms with van der Waals surface area (Å²) in [5.41, 5.74) is 3.72. The normalized spacial score (nSPS) is 19.4. The van der Waals surface area contributed by atoms with Crippen LogP contribution in [0, 0.1) is 0 Å². The van der Waals surface area contributed by atoms with E-state index in [2.05, 4.69) is 35.6 Å². The maximum absolute atomic E-state index is 6.35. The average molecular weight is 288 g/mol. The average Bonchev–Trinajstić information content (AvgIpc) is 2.50. The van der Waals surface area contributed by atoms with E-state index >= 15 is 0 Å². The fraction of sp³-hybridized carbons (Fsp3) is 0.294. The summed E-state index contributed by atoms with van der Waals surface area (Å²) >= 11 is 6.35. The first kappa shape index (κ1) is 13.6. The van der Waals surface area contributed by atoms with Gasteiger partial charge in [-0.25, -0.2) is 0 Å². The van der Waals surface area contributed by atoms with Gasteiger partial charge in [-0.15, -0.1) is 0 Å². The van der Waals surface area contributed by atoms with E-state index in [1.807, 2.05) is 25.2 Å². The lowest BCUT2D eigenvalue weighted by Gasteiger charge is -2.33. The Morgan fingerprint density at radius 1 is 1.15 bits per heavy atom. The van der Waals surface area contributed by atoms with E-state index in [1.165, 1.54) is 11.1 Å². The second-order valence-electron chi connectivity index (χ2n) is 5.03. The fourth-order valence-corrected chi connectivity index (χ4v) is 3.15. The molecule has 0 spiro atoms. The summed E-state index contributed by atoms with van der Waals surface area (Å²) in [6.45, 7) is 0.754. The van der Waals surface area contributed by atoms with E-state index in [0.717, 1.165) is 23.6 Å². The van der Waals surface area contributed by atoms with Gasteiger partial charge in [-0.2, -0.15) is 0 Å². The van der Waals surface area contributed by atoms with Crippen LogP contribution in [0.3, 0.4) is 0 Å². The number of rotatable bonds is 3. The van der Waals surface area contributed by atoms with Crippen LogP contribution in [-0.2, 0) is 11.2 Å². The number of halogens is 1. The lowest BCUT2D eigenvalue weighted by molar-refractivity contribution is 0.0166. The van der Waals surface area contributed by atoms with Crippen molar-refractivity contribution >= 4 is 11.6 Å². The van der Waals surface area contributed by atoms with Crippen LogP contribution in [0.2, 0.25) is 5.02 Å². The zero-order chi connectivity index (χ0) is 13.9. The minimum Gasteiger partial charge on any atom is -0.371 e. The Hall–Kier alpha value is -1.35. The standard InChI is InChI=1S/C17H18ClNO/c1-19-16(14-8-4-5-9-15(14)18)17-13-7-3-2-6-12(13)10-11-20-17/h2-9,16-17,19H,10-11H2,1H3. The molecule has 3 heteroatoms. The molecule has 0 radical (unpaired) electrons. The van der Waals surface area contributed by atoms with Crippen LogP contribution in [0.4, 0.5) is 0 Å². The predicted octanol–water partition coefficient (Wildman–Crippen LogP) is 3.91. The van der Waals surface area contributed by atoms with Gasteiger partial charge in [-0.1, -0.05) is 54.1 Å². The van der Waals surface area contributed by atoms with Crippen molar-refractivity contribution in [3.8, 4) is 0 Å². The third-order valence-corrected chi connectivity index (χ3v) is 4.23. The SMILES string of the molecule is CNC(c1ccccc1Cl)C1OCCc2ccccc21. The summed E-state index contributed by atoms with van der Waals surface area (Å²) in [7, 11) is 1.95. The molecule has 3 rings (SSSR count). The number of nitrogens with one attached hydrogen (secondary N) is 1. The molecule has 104 valence electrons. The number of hydrogen-bond acceptors (Lipinski definition) is 2. The number of likely N-dealkylation sites (N-methyl/N-ethyl adjacent to an activating group) is 1. The van der Waals surface area contributed by atoms with E-state index < -0.39 is 0 Å². The molecule has 0 bridgehead atoms. The molecule has 2 atom stereocenters. The first-order chi connectivity index (χ1) is 9.81. The lowest BCUT2D eigenvalue weighted by atomic mass is 9.90. The summed E-state index contributed by atoms with van der Waals surface area (Å²) in [4.78, 5) is 0. The maximum atomic E-state index is 6.35. The molecule has 20 heavy (non-hydrogen) atoms. The molecule has 2 aromatic carbocycles. The first-order valence-electron chi connectivity index (χ1n) is 6.92. The fourth-order valence-electron chi connectivity index (χ4n) is 2.90. The zero-order valence-corrected chi connectivity index (χ0v) is 12.2. The molecule has 0 aromatic heterocycles. The van der Waals surface area contributed by atoms with E-state index in [-0.39, 0.29) is 12.1 Å². The van der Waals surface area contributed by atoms with Gasteiger partial charge >= 0.3 is 0 Å². The summed E-state index contributed by atoms with van der Waals surface area (Å²) in [6, 6.07) is 16.5. The van der Waals surface area contributed by atoms with E-state index in [9.17, 15) is 0 Å². The predicted molar refractivity (Wildman–Crippen MR) is 82.1 cm³/mol. The molecule has 0 aliphatic carbocycles. The Labute approximate surface area is 124 Å². The van der Waals surface area contributed by atoms with Gasteiger partial charge in [0.25, 0.3) is 0 Å². The Morgan fingerprint density at radius 2 is 1.90 bits per heavy atom. The van der Waals surface area contributed by atoms with Gasteiger partial charge in [0, 0.05) is 5.02 Å². The van der Waals surface area contributed by atoms with Crippen molar-refractivity contribution in [2.75, 3.05) is 13.7 Å². The topological polar surface area (TPSA) is 21.3 Å². The Kier molecular flexibility index (Phi) is 4.06. The molecule has 1 aliphatic heterocycles. The molecule has 2 nitrogen and oxygen atoms in total. The van der Waals surface area contributed by atoms with Crippen molar-refractivity contribution in [1.82, 2.24) is 5.32 Å². The summed E-state index contributed by atoms with van der Waals surface area (Å²) in [6.07, 6.45) is 0.982. The van der Waals surface area contributed by atoms with Gasteiger partial charge in [0.2, 0.25) is 0 Å². The molecule has 0 saturated carbocycles. The van der Waals surface area contributed by atoms with Crippen molar-refractivity contribution in [2.24, 2.45) is 0 Å². The van der Waals surface area contributed by atoms with E-state index in [0.29, 0.717) is 0 Å². The van der Waals surface area contributed by atoms with Crippen LogP contribution < -0.4 is 5.32 Å². The van der Waals surface area contributed by atoms with Crippen molar-refractivity contribution in [2.45, 2.75) is 18.6 Å². The van der Waals surface area contributed by atoms with Crippen molar-refractivity contribution in [3.05, 3.63) is 70.2 Å². The van der Waals surface area contributed by atoms with Crippen molar-refractivity contribution in [1.29, 1.82) is 0 Å². The van der Waals surface area contributed by atoms with Gasteiger partial charge in [-0.3, -0.25) is 0 Å². The molecule has 0 saturated heterocycles. The van der Waals surface area contributed by atoms with Crippen LogP contribution >= 0.6 is 11.6 Å². The number of ether oxygens (including phenoxy) is 1. The number of hydrogen-bond donors (Lipinski definition) is 1. The van der Waals surface area contributed by atoms with Gasteiger partial charge < -0.3 is 10.1 Å². The molecule has 1 aliphatic rings. The number of fused-ring (bicyclic) bond motifs is 1.